The van der Waals surface area contributed by atoms with Crippen LogP contribution in [-0.4, -0.2) is 44.6 Å². The number of carbonyl (C=O) groups is 3. The number of nitrogens with two attached hydrogens (primary N) is 1. The van der Waals surface area contributed by atoms with E-state index in [0.717, 1.165) is 18.0 Å². The average Bonchev–Trinajstić information content (AvgIpc) is 2.44. The molecule has 1 aromatic rings. The van der Waals surface area contributed by atoms with Crippen molar-refractivity contribution in [2.45, 2.75) is 17.5 Å². The van der Waals surface area contributed by atoms with Crippen molar-refractivity contribution in [3.8, 4) is 0 Å². The van der Waals surface area contributed by atoms with Crippen LogP contribution < -0.4 is 11.1 Å². The molecule has 0 saturated heterocycles. The van der Waals surface area contributed by atoms with Gasteiger partial charge in [0.05, 0.1) is 22.1 Å². The second-order valence-electron chi connectivity index (χ2n) is 4.03. The Morgan fingerprint density at radius 3 is 2.59 bits per heavy atom. The number of pyridine rings is 1. The zero-order valence-electron chi connectivity index (χ0n) is 11.1. The highest BCUT2D eigenvalue weighted by atomic mass is 32.2. The third-order valence-corrected chi connectivity index (χ3v) is 3.27. The SMILES string of the molecule is NC(=O)CC(NC(=O)CSc1ccc([N+](=O)[O-])cn1)C(=O)O. The van der Waals surface area contributed by atoms with Gasteiger partial charge in [0.15, 0.2) is 0 Å². The van der Waals surface area contributed by atoms with Crippen LogP contribution in [0.25, 0.3) is 0 Å². The highest BCUT2D eigenvalue weighted by Gasteiger charge is 2.22. The molecule has 1 atom stereocenters. The number of aliphatic carboxylic acids is 1. The van der Waals surface area contributed by atoms with Crippen molar-refractivity contribution in [1.82, 2.24) is 10.3 Å². The van der Waals surface area contributed by atoms with Crippen molar-refractivity contribution in [3.05, 3.63) is 28.4 Å². The summed E-state index contributed by atoms with van der Waals surface area (Å²) in [4.78, 5) is 46.8. The Morgan fingerprint density at radius 2 is 2.14 bits per heavy atom. The number of rotatable bonds is 8. The summed E-state index contributed by atoms with van der Waals surface area (Å²) in [5.41, 5.74) is 4.71. The first-order valence-electron chi connectivity index (χ1n) is 5.83. The Labute approximate surface area is 128 Å². The van der Waals surface area contributed by atoms with Crippen LogP contribution in [0.15, 0.2) is 23.4 Å². The van der Waals surface area contributed by atoms with Crippen molar-refractivity contribution in [1.29, 1.82) is 0 Å². The predicted molar refractivity (Wildman–Crippen MR) is 75.0 cm³/mol. The summed E-state index contributed by atoms with van der Waals surface area (Å²) < 4.78 is 0. The van der Waals surface area contributed by atoms with E-state index in [-0.39, 0.29) is 11.4 Å². The second kappa shape index (κ2) is 7.93. The fourth-order valence-corrected chi connectivity index (χ4v) is 2.00. The minimum Gasteiger partial charge on any atom is -0.480 e. The third-order valence-electron chi connectivity index (χ3n) is 2.32. The summed E-state index contributed by atoms with van der Waals surface area (Å²) in [5.74, 6) is -3.00. The number of carbonyl (C=O) groups excluding carboxylic acids is 2. The number of hydrogen-bond acceptors (Lipinski definition) is 7. The number of hydrogen-bond donors (Lipinski definition) is 3. The number of nitrogens with zero attached hydrogens (tertiary/aromatic N) is 2. The normalized spacial score (nSPS) is 11.5. The predicted octanol–water partition coefficient (Wildman–Crippen LogP) is -0.473. The topological polar surface area (TPSA) is 166 Å². The highest BCUT2D eigenvalue weighted by Crippen LogP contribution is 2.17. The van der Waals surface area contributed by atoms with Gasteiger partial charge in [0.1, 0.15) is 12.2 Å². The number of nitro groups is 1. The molecule has 0 bridgehead atoms. The number of carboxylic acids is 1. The van der Waals surface area contributed by atoms with Crippen molar-refractivity contribution >= 4 is 35.2 Å². The number of thioether (sulfide) groups is 1. The highest BCUT2D eigenvalue weighted by molar-refractivity contribution is 7.99. The first-order valence-corrected chi connectivity index (χ1v) is 6.82. The Bertz CT molecular complexity index is 591. The number of aromatic nitrogens is 1. The van der Waals surface area contributed by atoms with Gasteiger partial charge in [0, 0.05) is 6.07 Å². The van der Waals surface area contributed by atoms with Crippen LogP contribution in [0.2, 0.25) is 0 Å². The van der Waals surface area contributed by atoms with Gasteiger partial charge >= 0.3 is 5.97 Å². The van der Waals surface area contributed by atoms with Gasteiger partial charge in [-0.25, -0.2) is 9.78 Å². The van der Waals surface area contributed by atoms with Crippen LogP contribution in [0.1, 0.15) is 6.42 Å². The van der Waals surface area contributed by atoms with Crippen molar-refractivity contribution in [2.24, 2.45) is 5.73 Å². The average molecular weight is 328 g/mol. The maximum Gasteiger partial charge on any atom is 0.326 e. The summed E-state index contributed by atoms with van der Waals surface area (Å²) in [5, 5.41) is 21.8. The molecule has 4 N–H and O–H groups in total. The van der Waals surface area contributed by atoms with Crippen LogP contribution in [0, 0.1) is 10.1 Å². The molecule has 2 amide bonds. The number of carboxylic acid groups (broad SMARTS) is 1. The van der Waals surface area contributed by atoms with E-state index in [1.54, 1.807) is 0 Å². The van der Waals surface area contributed by atoms with Crippen molar-refractivity contribution in [3.63, 3.8) is 0 Å². The second-order valence-corrected chi connectivity index (χ2v) is 5.02. The summed E-state index contributed by atoms with van der Waals surface area (Å²) >= 11 is 0.967. The molecule has 0 aliphatic rings. The van der Waals surface area contributed by atoms with E-state index in [2.05, 4.69) is 10.3 Å². The molecule has 0 fully saturated rings. The first kappa shape index (κ1) is 17.4. The number of amides is 2. The minimum absolute atomic E-state index is 0.159. The molecule has 0 saturated carbocycles. The van der Waals surface area contributed by atoms with Crippen LogP contribution in [-0.2, 0) is 14.4 Å². The molecule has 0 aromatic carbocycles. The van der Waals surface area contributed by atoms with Gasteiger partial charge < -0.3 is 16.2 Å². The molecular formula is C11H12N4O6S. The molecule has 1 aromatic heterocycles. The molecule has 0 aliphatic carbocycles. The van der Waals surface area contributed by atoms with E-state index >= 15 is 0 Å². The molecule has 0 spiro atoms. The summed E-state index contributed by atoms with van der Waals surface area (Å²) in [7, 11) is 0. The van der Waals surface area contributed by atoms with E-state index in [0.29, 0.717) is 5.03 Å². The number of nitrogens with one attached hydrogen (secondary N) is 1. The lowest BCUT2D eigenvalue weighted by Crippen LogP contribution is -2.44. The lowest BCUT2D eigenvalue weighted by molar-refractivity contribution is -0.385. The van der Waals surface area contributed by atoms with E-state index in [1.165, 1.54) is 12.1 Å². The van der Waals surface area contributed by atoms with Gasteiger partial charge in [-0.05, 0) is 6.07 Å². The van der Waals surface area contributed by atoms with Gasteiger partial charge in [-0.15, -0.1) is 0 Å². The summed E-state index contributed by atoms with van der Waals surface area (Å²) in [6.07, 6.45) is 0.537. The molecule has 10 nitrogen and oxygen atoms in total. The molecule has 0 radical (unpaired) electrons. The van der Waals surface area contributed by atoms with Gasteiger partial charge in [0.25, 0.3) is 5.69 Å². The fourth-order valence-electron chi connectivity index (χ4n) is 1.34. The Morgan fingerprint density at radius 1 is 1.45 bits per heavy atom. The Hall–Kier alpha value is -2.69. The zero-order valence-corrected chi connectivity index (χ0v) is 11.9. The van der Waals surface area contributed by atoms with Crippen LogP contribution in [0.5, 0.6) is 0 Å². The summed E-state index contributed by atoms with van der Waals surface area (Å²) in [6.45, 7) is 0. The van der Waals surface area contributed by atoms with E-state index in [4.69, 9.17) is 10.8 Å². The number of primary amides is 1. The van der Waals surface area contributed by atoms with E-state index in [9.17, 15) is 24.5 Å². The minimum atomic E-state index is -1.39. The fraction of sp³-hybridized carbons (Fsp3) is 0.273. The standard InChI is InChI=1S/C11H12N4O6S/c12-8(16)3-7(11(18)19)14-9(17)5-22-10-2-1-6(4-13-10)15(20)21/h1-2,4,7H,3,5H2,(H2,12,16)(H,14,17)(H,18,19). The largest absolute Gasteiger partial charge is 0.480 e. The smallest absolute Gasteiger partial charge is 0.326 e. The molecule has 1 heterocycles. The molecular weight excluding hydrogens is 316 g/mol. The summed E-state index contributed by atoms with van der Waals surface area (Å²) in [6, 6.07) is 1.21. The Kier molecular flexibility index (Phi) is 6.25. The molecule has 0 aliphatic heterocycles. The van der Waals surface area contributed by atoms with Gasteiger partial charge in [-0.2, -0.15) is 0 Å². The van der Waals surface area contributed by atoms with Gasteiger partial charge in [0.2, 0.25) is 11.8 Å². The van der Waals surface area contributed by atoms with Crippen LogP contribution in [0.3, 0.4) is 0 Å². The van der Waals surface area contributed by atoms with Crippen LogP contribution >= 0.6 is 11.8 Å². The quantitative estimate of drug-likeness (QED) is 0.327. The van der Waals surface area contributed by atoms with Crippen molar-refractivity contribution < 1.29 is 24.4 Å². The van der Waals surface area contributed by atoms with E-state index < -0.39 is 35.2 Å². The molecule has 22 heavy (non-hydrogen) atoms. The van der Waals surface area contributed by atoms with Gasteiger partial charge in [-0.1, -0.05) is 11.8 Å². The first-order chi connectivity index (χ1) is 10.3. The monoisotopic (exact) mass is 328 g/mol. The maximum absolute atomic E-state index is 11.6. The zero-order chi connectivity index (χ0) is 16.7. The lowest BCUT2D eigenvalue weighted by atomic mass is 10.2. The van der Waals surface area contributed by atoms with Crippen LogP contribution in [0.4, 0.5) is 5.69 Å². The molecule has 11 heteroatoms. The van der Waals surface area contributed by atoms with Gasteiger partial charge in [-0.3, -0.25) is 19.7 Å². The lowest BCUT2D eigenvalue weighted by Gasteiger charge is -2.12. The third kappa shape index (κ3) is 5.75. The molecule has 118 valence electrons. The van der Waals surface area contributed by atoms with E-state index in [1.807, 2.05) is 0 Å². The molecule has 1 unspecified atom stereocenters. The Balaban J connectivity index is 2.52. The van der Waals surface area contributed by atoms with Crippen molar-refractivity contribution in [2.75, 3.05) is 5.75 Å². The maximum atomic E-state index is 11.6. The molecule has 1 rings (SSSR count).